The second-order valence-electron chi connectivity index (χ2n) is 2.78. The van der Waals surface area contributed by atoms with Gasteiger partial charge in [-0.3, -0.25) is 4.79 Å². The molecule has 1 nitrogen and oxygen atoms in total. The van der Waals surface area contributed by atoms with Gasteiger partial charge in [-0.2, -0.15) is 0 Å². The Kier molecular flexibility index (Phi) is 3.75. The van der Waals surface area contributed by atoms with Gasteiger partial charge in [0.1, 0.15) is 0 Å². The molecular weight excluding hydrogens is 254 g/mol. The third kappa shape index (κ3) is 2.18. The maximum absolute atomic E-state index is 12.6. The largest absolute Gasteiger partial charge is 0.294 e. The Morgan fingerprint density at radius 3 is 2.64 bits per heavy atom. The fourth-order valence-corrected chi connectivity index (χ4v) is 1.73. The van der Waals surface area contributed by atoms with E-state index in [0.717, 1.165) is 0 Å². The summed E-state index contributed by atoms with van der Waals surface area (Å²) < 4.78 is 25.5. The molecule has 0 amide bonds. The van der Waals surface area contributed by atoms with Gasteiger partial charge in [0, 0.05) is 22.0 Å². The van der Waals surface area contributed by atoms with Gasteiger partial charge >= 0.3 is 0 Å². The topological polar surface area (TPSA) is 17.1 Å². The molecule has 0 aromatic heterocycles. The van der Waals surface area contributed by atoms with Crippen molar-refractivity contribution in [1.82, 2.24) is 0 Å². The van der Waals surface area contributed by atoms with Gasteiger partial charge in [-0.05, 0) is 6.07 Å². The van der Waals surface area contributed by atoms with Crippen molar-refractivity contribution >= 4 is 21.7 Å². The van der Waals surface area contributed by atoms with Crippen LogP contribution in [0.1, 0.15) is 35.7 Å². The lowest BCUT2D eigenvalue weighted by atomic mass is 10.0. The SMILES string of the molecule is CCC(=O)c1cccc(Br)c1C(F)F. The monoisotopic (exact) mass is 262 g/mol. The van der Waals surface area contributed by atoms with Gasteiger partial charge in [-0.25, -0.2) is 8.78 Å². The van der Waals surface area contributed by atoms with Crippen molar-refractivity contribution in [2.75, 3.05) is 0 Å². The molecule has 0 aliphatic carbocycles. The summed E-state index contributed by atoms with van der Waals surface area (Å²) in [6.07, 6.45) is -2.40. The summed E-state index contributed by atoms with van der Waals surface area (Å²) in [6.45, 7) is 1.65. The van der Waals surface area contributed by atoms with E-state index in [1.54, 1.807) is 13.0 Å². The minimum absolute atomic E-state index is 0.108. The number of carbonyl (C=O) groups is 1. The lowest BCUT2D eigenvalue weighted by molar-refractivity contribution is 0.0973. The van der Waals surface area contributed by atoms with Crippen LogP contribution in [-0.4, -0.2) is 5.78 Å². The summed E-state index contributed by atoms with van der Waals surface area (Å²) in [6, 6.07) is 4.52. The van der Waals surface area contributed by atoms with E-state index >= 15 is 0 Å². The van der Waals surface area contributed by atoms with Crippen molar-refractivity contribution in [1.29, 1.82) is 0 Å². The van der Waals surface area contributed by atoms with Crippen LogP contribution >= 0.6 is 15.9 Å². The van der Waals surface area contributed by atoms with E-state index in [4.69, 9.17) is 0 Å². The molecule has 0 fully saturated rings. The predicted octanol–water partition coefficient (Wildman–Crippen LogP) is 3.98. The summed E-state index contributed by atoms with van der Waals surface area (Å²) in [7, 11) is 0. The van der Waals surface area contributed by atoms with Gasteiger partial charge in [0.25, 0.3) is 6.43 Å². The molecule has 0 aliphatic rings. The van der Waals surface area contributed by atoms with E-state index in [-0.39, 0.29) is 27.8 Å². The van der Waals surface area contributed by atoms with Gasteiger partial charge < -0.3 is 0 Å². The molecule has 0 bridgehead atoms. The third-order valence-electron chi connectivity index (χ3n) is 1.89. The van der Waals surface area contributed by atoms with Crippen LogP contribution in [0.2, 0.25) is 0 Å². The fourth-order valence-electron chi connectivity index (χ4n) is 1.19. The molecule has 1 aromatic rings. The summed E-state index contributed by atoms with van der Waals surface area (Å²) >= 11 is 3.01. The summed E-state index contributed by atoms with van der Waals surface area (Å²) in [5.74, 6) is -0.262. The highest BCUT2D eigenvalue weighted by Crippen LogP contribution is 2.31. The van der Waals surface area contributed by atoms with Crippen molar-refractivity contribution in [2.45, 2.75) is 19.8 Å². The number of rotatable bonds is 3. The molecule has 76 valence electrons. The number of hydrogen-bond acceptors (Lipinski definition) is 1. The molecule has 0 saturated carbocycles. The number of benzene rings is 1. The first-order chi connectivity index (χ1) is 6.57. The number of ketones is 1. The minimum atomic E-state index is -2.63. The Hall–Kier alpha value is -0.770. The lowest BCUT2D eigenvalue weighted by Crippen LogP contribution is -2.03. The first kappa shape index (κ1) is 11.3. The van der Waals surface area contributed by atoms with E-state index < -0.39 is 6.43 Å². The molecule has 0 atom stereocenters. The zero-order valence-electron chi connectivity index (χ0n) is 7.56. The first-order valence-electron chi connectivity index (χ1n) is 4.17. The smallest absolute Gasteiger partial charge is 0.265 e. The van der Waals surface area contributed by atoms with Gasteiger partial charge in [-0.15, -0.1) is 0 Å². The van der Waals surface area contributed by atoms with E-state index in [1.165, 1.54) is 12.1 Å². The number of alkyl halides is 2. The molecule has 0 heterocycles. The molecule has 1 rings (SSSR count). The zero-order chi connectivity index (χ0) is 10.7. The second-order valence-corrected chi connectivity index (χ2v) is 3.63. The average Bonchev–Trinajstić information content (AvgIpc) is 2.15. The van der Waals surface area contributed by atoms with Crippen LogP contribution in [0.4, 0.5) is 8.78 Å². The molecule has 0 radical (unpaired) electrons. The first-order valence-corrected chi connectivity index (χ1v) is 4.97. The molecule has 0 saturated heterocycles. The highest BCUT2D eigenvalue weighted by atomic mass is 79.9. The van der Waals surface area contributed by atoms with Crippen molar-refractivity contribution in [3.63, 3.8) is 0 Å². The average molecular weight is 263 g/mol. The van der Waals surface area contributed by atoms with E-state index in [1.807, 2.05) is 0 Å². The Labute approximate surface area is 89.3 Å². The zero-order valence-corrected chi connectivity index (χ0v) is 9.14. The van der Waals surface area contributed by atoms with Crippen LogP contribution in [0.25, 0.3) is 0 Å². The van der Waals surface area contributed by atoms with E-state index in [9.17, 15) is 13.6 Å². The molecule has 0 unspecified atom stereocenters. The third-order valence-corrected chi connectivity index (χ3v) is 2.58. The predicted molar refractivity (Wildman–Crippen MR) is 53.7 cm³/mol. The molecule has 1 aromatic carbocycles. The van der Waals surface area contributed by atoms with Gasteiger partial charge in [0.05, 0.1) is 0 Å². The minimum Gasteiger partial charge on any atom is -0.294 e. The van der Waals surface area contributed by atoms with Crippen LogP contribution < -0.4 is 0 Å². The second kappa shape index (κ2) is 4.64. The number of carbonyl (C=O) groups excluding carboxylic acids is 1. The molecule has 14 heavy (non-hydrogen) atoms. The number of hydrogen-bond donors (Lipinski definition) is 0. The van der Waals surface area contributed by atoms with Crippen molar-refractivity contribution in [3.05, 3.63) is 33.8 Å². The highest BCUT2D eigenvalue weighted by molar-refractivity contribution is 9.10. The van der Waals surface area contributed by atoms with Crippen molar-refractivity contribution in [3.8, 4) is 0 Å². The maximum Gasteiger partial charge on any atom is 0.265 e. The Morgan fingerprint density at radius 1 is 1.50 bits per heavy atom. The molecule has 0 aliphatic heterocycles. The number of Topliss-reactive ketones (excluding diaryl/α,β-unsaturated/α-hetero) is 1. The molecule has 0 N–H and O–H groups in total. The molecular formula is C10H9BrF2O. The molecule has 4 heteroatoms. The standard InChI is InChI=1S/C10H9BrF2O/c1-2-8(14)6-4-3-5-7(11)9(6)10(12)13/h3-5,10H,2H2,1H3. The quantitative estimate of drug-likeness (QED) is 0.754. The Morgan fingerprint density at radius 2 is 2.14 bits per heavy atom. The van der Waals surface area contributed by atoms with Crippen molar-refractivity contribution < 1.29 is 13.6 Å². The van der Waals surface area contributed by atoms with Crippen LogP contribution in [0, 0.1) is 0 Å². The molecule has 0 spiro atoms. The summed E-state index contributed by atoms with van der Waals surface area (Å²) in [4.78, 5) is 11.3. The normalized spacial score (nSPS) is 10.6. The van der Waals surface area contributed by atoms with Gasteiger partial charge in [0.2, 0.25) is 0 Å². The van der Waals surface area contributed by atoms with Crippen LogP contribution in [0.15, 0.2) is 22.7 Å². The number of halogens is 3. The van der Waals surface area contributed by atoms with Gasteiger partial charge in [0.15, 0.2) is 5.78 Å². The maximum atomic E-state index is 12.6. The van der Waals surface area contributed by atoms with Crippen molar-refractivity contribution in [2.24, 2.45) is 0 Å². The highest BCUT2D eigenvalue weighted by Gasteiger charge is 2.19. The Bertz CT molecular complexity index is 350. The van der Waals surface area contributed by atoms with Gasteiger partial charge in [-0.1, -0.05) is 35.0 Å². The lowest BCUT2D eigenvalue weighted by Gasteiger charge is -2.08. The van der Waals surface area contributed by atoms with E-state index in [2.05, 4.69) is 15.9 Å². The Balaban J connectivity index is 3.28. The summed E-state index contributed by atoms with van der Waals surface area (Å²) in [5.41, 5.74) is -0.101. The van der Waals surface area contributed by atoms with Crippen LogP contribution in [-0.2, 0) is 0 Å². The summed E-state index contributed by atoms with van der Waals surface area (Å²) in [5, 5.41) is 0. The van der Waals surface area contributed by atoms with E-state index in [0.29, 0.717) is 0 Å². The van der Waals surface area contributed by atoms with Crippen LogP contribution in [0.3, 0.4) is 0 Å². The van der Waals surface area contributed by atoms with Crippen LogP contribution in [0.5, 0.6) is 0 Å². The fraction of sp³-hybridized carbons (Fsp3) is 0.300.